The second-order valence-electron chi connectivity index (χ2n) is 13.7. The van der Waals surface area contributed by atoms with E-state index in [-0.39, 0.29) is 22.3 Å². The van der Waals surface area contributed by atoms with Crippen LogP contribution in [0.2, 0.25) is 0 Å². The first kappa shape index (κ1) is 40.8. The second kappa shape index (κ2) is 18.5. The minimum absolute atomic E-state index is 0.161. The average Bonchev–Trinajstić information content (AvgIpc) is 3.29. The van der Waals surface area contributed by atoms with E-state index in [1.54, 1.807) is 48.5 Å². The number of hydrogen-bond donors (Lipinski definition) is 4. The fourth-order valence-electron chi connectivity index (χ4n) is 6.09. The summed E-state index contributed by atoms with van der Waals surface area (Å²) in [7, 11) is 0. The Bertz CT molecular complexity index is 2750. The third kappa shape index (κ3) is 10.6. The number of benzene rings is 7. The molecule has 8 nitrogen and oxygen atoms in total. The van der Waals surface area contributed by atoms with Crippen molar-refractivity contribution >= 4 is 23.9 Å². The van der Waals surface area contributed by atoms with Gasteiger partial charge in [0.15, 0.2) is 0 Å². The molecule has 4 N–H and O–H groups in total. The fraction of sp³-hybridized carbons (Fsp3) is 0. The molecular weight excluding hydrogens is 777 g/mol. The van der Waals surface area contributed by atoms with Crippen LogP contribution in [0.5, 0.6) is 0 Å². The van der Waals surface area contributed by atoms with Gasteiger partial charge in [-0.3, -0.25) is 0 Å². The van der Waals surface area contributed by atoms with Gasteiger partial charge in [0.05, 0.1) is 22.3 Å². The van der Waals surface area contributed by atoms with Gasteiger partial charge < -0.3 is 20.4 Å². The fourth-order valence-corrected chi connectivity index (χ4v) is 6.09. The number of rotatable bonds is 6. The van der Waals surface area contributed by atoms with Gasteiger partial charge >= 0.3 is 23.9 Å². The Kier molecular flexibility index (Phi) is 12.2. The summed E-state index contributed by atoms with van der Waals surface area (Å²) < 4.78 is 0. The summed E-state index contributed by atoms with van der Waals surface area (Å²) in [6.45, 7) is 0. The van der Waals surface area contributed by atoms with Gasteiger partial charge in [-0.15, -0.1) is 0 Å². The van der Waals surface area contributed by atoms with Crippen LogP contribution in [0.4, 0.5) is 0 Å². The largest absolute Gasteiger partial charge is 0.478 e. The highest BCUT2D eigenvalue weighted by Gasteiger charge is 2.08. The molecule has 294 valence electrons. The molecule has 0 bridgehead atoms. The normalized spacial score (nSPS) is 9.94. The first-order chi connectivity index (χ1) is 29.9. The first-order valence-corrected chi connectivity index (χ1v) is 18.8. The third-order valence-corrected chi connectivity index (χ3v) is 9.35. The molecule has 7 aromatic rings. The van der Waals surface area contributed by atoms with E-state index in [9.17, 15) is 39.6 Å². The van der Waals surface area contributed by atoms with Gasteiger partial charge in [-0.1, -0.05) is 71.6 Å². The predicted octanol–water partition coefficient (Wildman–Crippen LogP) is 9.41. The standard InChI is InChI=1S/C54H30O8/c55-51(56)45-17-9-35(10-18-45)1-5-39-29-40(6-2-36-11-19-46(20-12-36)52(57)58)32-49(31-39)43-25-27-44(28-26-43)50-33-41(7-3-37-13-21-47(22-14-37)53(59)60)30-42(34-50)8-4-38-15-23-48(24-16-38)54(61)62/h9-34H,(H,55,56)(H,57,58)(H,59,60)(H,61,62). The quantitative estimate of drug-likeness (QED) is 0.122. The zero-order valence-corrected chi connectivity index (χ0v) is 32.4. The van der Waals surface area contributed by atoms with Crippen molar-refractivity contribution in [3.05, 3.63) is 224 Å². The molecule has 7 rings (SSSR count). The van der Waals surface area contributed by atoms with Crippen LogP contribution in [-0.2, 0) is 0 Å². The second-order valence-corrected chi connectivity index (χ2v) is 13.7. The molecule has 0 aliphatic rings. The molecule has 0 saturated heterocycles. The summed E-state index contributed by atoms with van der Waals surface area (Å²) in [6, 6.07) is 44.5. The van der Waals surface area contributed by atoms with Gasteiger partial charge in [0.2, 0.25) is 0 Å². The van der Waals surface area contributed by atoms with E-state index in [1.807, 2.05) is 60.7 Å². The number of carboxylic acid groups (broad SMARTS) is 4. The molecule has 0 heterocycles. The van der Waals surface area contributed by atoms with E-state index < -0.39 is 23.9 Å². The van der Waals surface area contributed by atoms with Crippen molar-refractivity contribution in [3.63, 3.8) is 0 Å². The summed E-state index contributed by atoms with van der Waals surface area (Å²) in [5.74, 6) is 21.0. The van der Waals surface area contributed by atoms with Crippen molar-refractivity contribution in [2.24, 2.45) is 0 Å². The monoisotopic (exact) mass is 806 g/mol. The van der Waals surface area contributed by atoms with Crippen LogP contribution in [0.3, 0.4) is 0 Å². The van der Waals surface area contributed by atoms with Crippen LogP contribution < -0.4 is 0 Å². The molecule has 0 aliphatic carbocycles. The molecule has 0 aromatic heterocycles. The average molecular weight is 807 g/mol. The molecule has 0 saturated carbocycles. The molecule has 0 unspecified atom stereocenters. The van der Waals surface area contributed by atoms with E-state index >= 15 is 0 Å². The Morgan fingerprint density at radius 2 is 0.435 bits per heavy atom. The Morgan fingerprint density at radius 1 is 0.242 bits per heavy atom. The third-order valence-electron chi connectivity index (χ3n) is 9.35. The van der Waals surface area contributed by atoms with Crippen molar-refractivity contribution in [3.8, 4) is 69.6 Å². The number of hydrogen-bond acceptors (Lipinski definition) is 4. The van der Waals surface area contributed by atoms with Crippen LogP contribution >= 0.6 is 0 Å². The predicted molar refractivity (Wildman–Crippen MR) is 235 cm³/mol. The Labute approximate surface area is 356 Å². The number of carboxylic acids is 4. The number of aromatic carboxylic acids is 4. The minimum Gasteiger partial charge on any atom is -0.478 e. The maximum absolute atomic E-state index is 11.3. The molecule has 0 aliphatic heterocycles. The molecule has 7 aromatic carbocycles. The van der Waals surface area contributed by atoms with Gasteiger partial charge in [0, 0.05) is 44.5 Å². The minimum atomic E-state index is -1.02. The van der Waals surface area contributed by atoms with Crippen molar-refractivity contribution in [1.29, 1.82) is 0 Å². The molecule has 0 atom stereocenters. The lowest BCUT2D eigenvalue weighted by Crippen LogP contribution is -1.95. The van der Waals surface area contributed by atoms with Crippen LogP contribution in [-0.4, -0.2) is 44.3 Å². The topological polar surface area (TPSA) is 149 Å². The van der Waals surface area contributed by atoms with Crippen molar-refractivity contribution in [2.75, 3.05) is 0 Å². The van der Waals surface area contributed by atoms with Crippen LogP contribution in [0.15, 0.2) is 158 Å². The van der Waals surface area contributed by atoms with Gasteiger partial charge in [0.1, 0.15) is 0 Å². The summed E-state index contributed by atoms with van der Waals surface area (Å²) in [5, 5.41) is 37.1. The van der Waals surface area contributed by atoms with Crippen LogP contribution in [0.25, 0.3) is 22.3 Å². The zero-order chi connectivity index (χ0) is 43.6. The lowest BCUT2D eigenvalue weighted by molar-refractivity contribution is 0.0686. The van der Waals surface area contributed by atoms with Crippen LogP contribution in [0.1, 0.15) is 85.9 Å². The van der Waals surface area contributed by atoms with E-state index in [2.05, 4.69) is 47.4 Å². The van der Waals surface area contributed by atoms with Gasteiger partial charge in [0.25, 0.3) is 0 Å². The van der Waals surface area contributed by atoms with E-state index in [0.29, 0.717) is 44.5 Å². The van der Waals surface area contributed by atoms with Gasteiger partial charge in [-0.05, 0) is 156 Å². The van der Waals surface area contributed by atoms with Gasteiger partial charge in [-0.2, -0.15) is 0 Å². The molecule has 8 heteroatoms. The lowest BCUT2D eigenvalue weighted by Gasteiger charge is -2.08. The SMILES string of the molecule is O=C(O)c1ccc(C#Cc2cc(C#Cc3ccc(C(=O)O)cc3)cc(-c3ccc(-c4cc(C#Cc5ccc(C(=O)O)cc5)cc(C#Cc5ccc(C(=O)O)cc5)c4)cc3)c2)cc1. The van der Waals surface area contributed by atoms with Gasteiger partial charge in [-0.25, -0.2) is 19.2 Å². The maximum atomic E-state index is 11.3. The number of carbonyl (C=O) groups is 4. The first-order valence-electron chi connectivity index (χ1n) is 18.8. The van der Waals surface area contributed by atoms with E-state index in [1.165, 1.54) is 48.5 Å². The highest BCUT2D eigenvalue weighted by Crippen LogP contribution is 2.28. The Morgan fingerprint density at radius 3 is 0.629 bits per heavy atom. The molecule has 0 fully saturated rings. The molecular formula is C54H30O8. The Hall–Kier alpha value is -9.34. The van der Waals surface area contributed by atoms with Crippen molar-refractivity contribution in [2.45, 2.75) is 0 Å². The molecule has 62 heavy (non-hydrogen) atoms. The highest BCUT2D eigenvalue weighted by atomic mass is 16.4. The highest BCUT2D eigenvalue weighted by molar-refractivity contribution is 5.89. The zero-order valence-electron chi connectivity index (χ0n) is 32.4. The van der Waals surface area contributed by atoms with Crippen molar-refractivity contribution in [1.82, 2.24) is 0 Å². The smallest absolute Gasteiger partial charge is 0.335 e. The molecule has 0 amide bonds. The molecule has 0 spiro atoms. The summed E-state index contributed by atoms with van der Waals surface area (Å²) in [5.41, 5.74) is 9.31. The molecule has 0 radical (unpaired) electrons. The maximum Gasteiger partial charge on any atom is 0.335 e. The van der Waals surface area contributed by atoms with Crippen molar-refractivity contribution < 1.29 is 39.6 Å². The van der Waals surface area contributed by atoms with E-state index in [0.717, 1.165) is 22.3 Å². The Balaban J connectivity index is 1.24. The van der Waals surface area contributed by atoms with E-state index in [4.69, 9.17) is 0 Å². The lowest BCUT2D eigenvalue weighted by atomic mass is 9.95. The summed E-state index contributed by atoms with van der Waals surface area (Å²) in [6.07, 6.45) is 0. The summed E-state index contributed by atoms with van der Waals surface area (Å²) >= 11 is 0. The van der Waals surface area contributed by atoms with Crippen LogP contribution in [0, 0.1) is 47.4 Å². The summed E-state index contributed by atoms with van der Waals surface area (Å²) in [4.78, 5) is 45.3.